The number of aromatic amines is 1. The van der Waals surface area contributed by atoms with Gasteiger partial charge >= 0.3 is 0 Å². The van der Waals surface area contributed by atoms with E-state index in [1.165, 1.54) is 60.8 Å². The van der Waals surface area contributed by atoms with Crippen molar-refractivity contribution >= 4 is 73.8 Å². The molecule has 6 N–H and O–H groups in total. The van der Waals surface area contributed by atoms with E-state index < -0.39 is 0 Å². The van der Waals surface area contributed by atoms with Crippen molar-refractivity contribution in [1.29, 1.82) is 0 Å². The summed E-state index contributed by atoms with van der Waals surface area (Å²) >= 11 is 0. The number of Topliss-reactive ketones (excluding diaryl/α,β-unsaturated/α-hetero) is 1. The normalized spacial score (nSPS) is 13.9. The van der Waals surface area contributed by atoms with Gasteiger partial charge in [0, 0.05) is 59.1 Å². The highest BCUT2D eigenvalue weighted by molar-refractivity contribution is 6.06. The molecule has 5 aromatic carbocycles. The van der Waals surface area contributed by atoms with Gasteiger partial charge in [0.05, 0.1) is 35.8 Å². The number of ether oxygens (including phenoxy) is 1. The first-order valence-corrected chi connectivity index (χ1v) is 29.0. The molecular formula is C67H77N11O3. The lowest BCUT2D eigenvalue weighted by molar-refractivity contribution is 0.0991. The predicted octanol–water partition coefficient (Wildman–Crippen LogP) is 16.0. The largest absolute Gasteiger partial charge is 0.497 e. The van der Waals surface area contributed by atoms with Crippen LogP contribution in [0.4, 0.5) is 40.1 Å². The summed E-state index contributed by atoms with van der Waals surface area (Å²) in [5, 5.41) is 32.0. The average Bonchev–Trinajstić information content (AvgIpc) is 4.12. The van der Waals surface area contributed by atoms with E-state index in [0.29, 0.717) is 48.0 Å². The third kappa shape index (κ3) is 13.7. The number of carbonyl (C=O) groups excluding carboxylic acids is 2. The van der Waals surface area contributed by atoms with Crippen molar-refractivity contribution < 1.29 is 14.3 Å². The SMILES string of the molecule is COc1ccc(Cn2nc(NC3CCCCC3)c3c(Nc4cccc(C(=O)Cc5ccc(C(C)C)c(C)c5)c4)ccnc32)cc1.Cc1cc(NC(=O)c2cccc(Nc3ccnc4[nH]nc(NC5CCCCC5)c34)c2)ccc1C(C)C. The van der Waals surface area contributed by atoms with Crippen LogP contribution in [-0.2, 0) is 13.0 Å². The number of rotatable bonds is 18. The number of carbonyl (C=O) groups is 2. The van der Waals surface area contributed by atoms with Crippen LogP contribution in [0, 0.1) is 13.8 Å². The highest BCUT2D eigenvalue weighted by Gasteiger charge is 2.23. The molecule has 2 fully saturated rings. The van der Waals surface area contributed by atoms with Crippen LogP contribution >= 0.6 is 0 Å². The van der Waals surface area contributed by atoms with Crippen molar-refractivity contribution in [2.45, 2.75) is 143 Å². The van der Waals surface area contributed by atoms with Crippen molar-refractivity contribution in [3.05, 3.63) is 178 Å². The molecule has 4 aromatic heterocycles. The summed E-state index contributed by atoms with van der Waals surface area (Å²) in [5.74, 6) is 3.36. The summed E-state index contributed by atoms with van der Waals surface area (Å²) < 4.78 is 7.32. The Morgan fingerprint density at radius 3 is 1.83 bits per heavy atom. The number of nitrogens with zero attached hydrogens (tertiary/aromatic N) is 5. The molecule has 14 nitrogen and oxygen atoms in total. The lowest BCUT2D eigenvalue weighted by Crippen LogP contribution is -2.22. The Labute approximate surface area is 476 Å². The first kappa shape index (κ1) is 55.8. The Balaban J connectivity index is 0.000000186. The minimum Gasteiger partial charge on any atom is -0.497 e. The van der Waals surface area contributed by atoms with Gasteiger partial charge in [0.2, 0.25) is 0 Å². The third-order valence-electron chi connectivity index (χ3n) is 15.8. The number of methoxy groups -OCH3 is 1. The van der Waals surface area contributed by atoms with Crippen LogP contribution < -0.4 is 31.3 Å². The lowest BCUT2D eigenvalue weighted by atomic mass is 9.94. The molecule has 14 heteroatoms. The highest BCUT2D eigenvalue weighted by Crippen LogP contribution is 2.36. The van der Waals surface area contributed by atoms with Crippen LogP contribution in [0.25, 0.3) is 22.1 Å². The van der Waals surface area contributed by atoms with Gasteiger partial charge < -0.3 is 31.3 Å². The van der Waals surface area contributed by atoms with E-state index in [1.54, 1.807) is 13.3 Å². The molecule has 2 aliphatic carbocycles. The molecular weight excluding hydrogens is 1010 g/mol. The summed E-state index contributed by atoms with van der Waals surface area (Å²) in [6, 6.07) is 40.6. The Bertz CT molecular complexity index is 3630. The van der Waals surface area contributed by atoms with Gasteiger partial charge in [-0.05, 0) is 151 Å². The maximum Gasteiger partial charge on any atom is 0.255 e. The molecule has 4 heterocycles. The van der Waals surface area contributed by atoms with Gasteiger partial charge in [0.15, 0.2) is 28.7 Å². The molecule has 0 saturated heterocycles. The number of anilines is 7. The number of benzene rings is 5. The second kappa shape index (κ2) is 25.7. The van der Waals surface area contributed by atoms with Gasteiger partial charge in [-0.2, -0.15) is 10.2 Å². The summed E-state index contributed by atoms with van der Waals surface area (Å²) in [6.45, 7) is 13.5. The van der Waals surface area contributed by atoms with E-state index >= 15 is 0 Å². The number of H-pyrrole nitrogens is 1. The van der Waals surface area contributed by atoms with Crippen molar-refractivity contribution in [3.63, 3.8) is 0 Å². The van der Waals surface area contributed by atoms with E-state index in [4.69, 9.17) is 14.8 Å². The Morgan fingerprint density at radius 1 is 0.617 bits per heavy atom. The van der Waals surface area contributed by atoms with Gasteiger partial charge in [-0.3, -0.25) is 14.7 Å². The quantitative estimate of drug-likeness (QED) is 0.0451. The van der Waals surface area contributed by atoms with Crippen molar-refractivity contribution in [1.82, 2.24) is 29.9 Å². The van der Waals surface area contributed by atoms with Gasteiger partial charge in [0.1, 0.15) is 5.75 Å². The van der Waals surface area contributed by atoms with Gasteiger partial charge in [0.25, 0.3) is 5.91 Å². The number of ketones is 1. The van der Waals surface area contributed by atoms with E-state index in [9.17, 15) is 9.59 Å². The summed E-state index contributed by atoms with van der Waals surface area (Å²) in [4.78, 5) is 35.6. The van der Waals surface area contributed by atoms with Gasteiger partial charge in [-0.1, -0.05) is 121 Å². The molecule has 11 rings (SSSR count). The number of nitrogens with one attached hydrogen (secondary N) is 6. The zero-order chi connectivity index (χ0) is 56.4. The van der Waals surface area contributed by atoms with Crippen LogP contribution in [0.3, 0.4) is 0 Å². The number of aryl methyl sites for hydroxylation is 2. The standard InChI is InChI=1S/C38H43N5O2.C29H34N6O/c1-25(2)33-18-15-28(21-26(33)3)22-35(44)29-9-8-12-31(23-29)40-34-19-20-39-38-36(34)37(41-30-10-6-5-7-11-30)42-43(38)24-27-13-16-32(45-4)17-14-27;1-18(2)24-13-12-23(16-19(24)3)33-29(36)20-8-7-11-22(17-20)31-25-14-15-30-27-26(25)28(35-34-27)32-21-9-5-4-6-10-21/h8-9,12-21,23,25,30H,5-7,10-11,22,24H2,1-4H3,(H,39,40)(H,41,42);7-8,11-18,21H,4-6,9-10H2,1-3H3,(H,33,36)(H3,30,31,32,34,35). The number of pyridine rings is 2. The zero-order valence-corrected chi connectivity index (χ0v) is 48.0. The molecule has 9 aromatic rings. The van der Waals surface area contributed by atoms with Crippen molar-refractivity contribution in [2.24, 2.45) is 0 Å². The molecule has 0 atom stereocenters. The first-order chi connectivity index (χ1) is 39.3. The monoisotopic (exact) mass is 1080 g/mol. The number of fused-ring (bicyclic) bond motifs is 2. The maximum absolute atomic E-state index is 13.4. The molecule has 0 radical (unpaired) electrons. The smallest absolute Gasteiger partial charge is 0.255 e. The zero-order valence-electron chi connectivity index (χ0n) is 48.0. The second-order valence-corrected chi connectivity index (χ2v) is 22.6. The second-order valence-electron chi connectivity index (χ2n) is 22.6. The summed E-state index contributed by atoms with van der Waals surface area (Å²) in [7, 11) is 1.68. The summed E-state index contributed by atoms with van der Waals surface area (Å²) in [5.41, 5.74) is 14.3. The molecule has 0 unspecified atom stereocenters. The number of hydrogen-bond donors (Lipinski definition) is 6. The Hall–Kier alpha value is -8.52. The highest BCUT2D eigenvalue weighted by atomic mass is 16.5. The van der Waals surface area contributed by atoms with Crippen molar-refractivity contribution in [3.8, 4) is 5.75 Å². The van der Waals surface area contributed by atoms with Gasteiger partial charge in [-0.15, -0.1) is 0 Å². The van der Waals surface area contributed by atoms with Crippen LogP contribution in [-0.4, -0.2) is 60.8 Å². The Kier molecular flexibility index (Phi) is 17.7. The van der Waals surface area contributed by atoms with E-state index in [1.807, 2.05) is 95.8 Å². The fourth-order valence-corrected chi connectivity index (χ4v) is 11.6. The van der Waals surface area contributed by atoms with Gasteiger partial charge in [-0.25, -0.2) is 14.6 Å². The minimum absolute atomic E-state index is 0.0992. The lowest BCUT2D eigenvalue weighted by Gasteiger charge is -2.23. The van der Waals surface area contributed by atoms with E-state index in [-0.39, 0.29) is 11.7 Å². The Morgan fingerprint density at radius 2 is 1.20 bits per heavy atom. The number of aromatic nitrogens is 6. The van der Waals surface area contributed by atoms with Crippen LogP contribution in [0.15, 0.2) is 134 Å². The van der Waals surface area contributed by atoms with Crippen LogP contribution in [0.5, 0.6) is 5.75 Å². The first-order valence-electron chi connectivity index (χ1n) is 29.0. The fraction of sp³-hybridized carbons (Fsp3) is 0.343. The molecule has 0 spiro atoms. The predicted molar refractivity (Wildman–Crippen MR) is 330 cm³/mol. The van der Waals surface area contributed by atoms with E-state index in [2.05, 4.69) is 120 Å². The van der Waals surface area contributed by atoms with Crippen LogP contribution in [0.2, 0.25) is 0 Å². The van der Waals surface area contributed by atoms with E-state index in [0.717, 1.165) is 105 Å². The fourth-order valence-electron chi connectivity index (χ4n) is 11.6. The molecule has 2 saturated carbocycles. The maximum atomic E-state index is 13.4. The molecule has 81 heavy (non-hydrogen) atoms. The number of amides is 1. The third-order valence-corrected chi connectivity index (χ3v) is 15.8. The topological polar surface area (TPSA) is 176 Å². The molecule has 0 bridgehead atoms. The average molecular weight is 1080 g/mol. The molecule has 0 aliphatic heterocycles. The van der Waals surface area contributed by atoms with Crippen LogP contribution in [0.1, 0.15) is 158 Å². The molecule has 418 valence electrons. The van der Waals surface area contributed by atoms with Crippen molar-refractivity contribution in [2.75, 3.05) is 33.7 Å². The minimum atomic E-state index is -0.141. The summed E-state index contributed by atoms with van der Waals surface area (Å²) in [6.07, 6.45) is 16.1. The molecule has 1 amide bonds. The molecule has 2 aliphatic rings. The number of hydrogen-bond acceptors (Lipinski definition) is 11.